The van der Waals surface area contributed by atoms with E-state index in [2.05, 4.69) is 9.47 Å². The van der Waals surface area contributed by atoms with Gasteiger partial charge in [0, 0.05) is 6.42 Å². The summed E-state index contributed by atoms with van der Waals surface area (Å²) >= 11 is 0. The van der Waals surface area contributed by atoms with Gasteiger partial charge in [-0.3, -0.25) is 9.59 Å². The van der Waals surface area contributed by atoms with Crippen LogP contribution in [-0.4, -0.2) is 26.2 Å². The normalized spacial score (nSPS) is 14.5. The molecule has 0 aliphatic rings. The number of hydrogen-bond acceptors (Lipinski definition) is 4. The summed E-state index contributed by atoms with van der Waals surface area (Å²) < 4.78 is 9.05. The van der Waals surface area contributed by atoms with Gasteiger partial charge in [0.15, 0.2) is 0 Å². The van der Waals surface area contributed by atoms with Crippen molar-refractivity contribution in [3.05, 3.63) is 0 Å². The fraction of sp³-hybridized carbons (Fsp3) is 0.778. The van der Waals surface area contributed by atoms with Gasteiger partial charge in [0.05, 0.1) is 20.1 Å². The van der Waals surface area contributed by atoms with Crippen LogP contribution in [0.1, 0.15) is 20.3 Å². The van der Waals surface area contributed by atoms with Gasteiger partial charge in [-0.05, 0) is 5.92 Å². The van der Waals surface area contributed by atoms with Crippen LogP contribution in [0.25, 0.3) is 0 Å². The molecule has 0 heterocycles. The van der Waals surface area contributed by atoms with Crippen LogP contribution in [-0.2, 0) is 19.1 Å². The van der Waals surface area contributed by atoms with Crippen molar-refractivity contribution in [3.8, 4) is 0 Å². The fourth-order valence-electron chi connectivity index (χ4n) is 0.941. The van der Waals surface area contributed by atoms with Crippen LogP contribution < -0.4 is 0 Å². The Kier molecular flexibility index (Phi) is 5.11. The number of ether oxygens (including phenoxy) is 2. The van der Waals surface area contributed by atoms with Crippen LogP contribution in [0.5, 0.6) is 0 Å². The molecule has 4 heteroatoms. The lowest BCUT2D eigenvalue weighted by molar-refractivity contribution is -0.148. The van der Waals surface area contributed by atoms with Crippen molar-refractivity contribution in [3.63, 3.8) is 0 Å². The molecule has 0 aliphatic heterocycles. The molecule has 0 saturated carbocycles. The summed E-state index contributed by atoms with van der Waals surface area (Å²) in [4.78, 5) is 21.9. The van der Waals surface area contributed by atoms with Crippen molar-refractivity contribution < 1.29 is 19.1 Å². The van der Waals surface area contributed by atoms with Crippen LogP contribution in [0.15, 0.2) is 0 Å². The standard InChI is InChI=1S/C9H16O4/c1-6(5-8(10)12-3)7(2)9(11)13-4/h6-7H,5H2,1-4H3/t6-,7?/m1/s1. The summed E-state index contributed by atoms with van der Waals surface area (Å²) in [6.45, 7) is 3.55. The van der Waals surface area contributed by atoms with E-state index in [-0.39, 0.29) is 30.2 Å². The minimum absolute atomic E-state index is 0.0556. The average molecular weight is 188 g/mol. The molecule has 76 valence electrons. The molecule has 0 saturated heterocycles. The maximum atomic E-state index is 11.0. The zero-order valence-corrected chi connectivity index (χ0v) is 8.49. The summed E-state index contributed by atoms with van der Waals surface area (Å²) in [6, 6.07) is 0. The SMILES string of the molecule is COC(=O)C[C@@H](C)C(C)C(=O)OC. The van der Waals surface area contributed by atoms with E-state index in [0.717, 1.165) is 0 Å². The summed E-state index contributed by atoms with van der Waals surface area (Å²) in [5, 5.41) is 0. The molecule has 13 heavy (non-hydrogen) atoms. The van der Waals surface area contributed by atoms with Gasteiger partial charge >= 0.3 is 11.9 Å². The Bertz CT molecular complexity index is 188. The molecule has 0 aromatic rings. The minimum Gasteiger partial charge on any atom is -0.469 e. The number of carbonyl (C=O) groups excluding carboxylic acids is 2. The molecule has 0 radical (unpaired) electrons. The lowest BCUT2D eigenvalue weighted by Gasteiger charge is -2.15. The Morgan fingerprint density at radius 2 is 1.69 bits per heavy atom. The summed E-state index contributed by atoms with van der Waals surface area (Å²) in [5.41, 5.74) is 0. The lowest BCUT2D eigenvalue weighted by Crippen LogP contribution is -2.22. The van der Waals surface area contributed by atoms with E-state index in [1.54, 1.807) is 6.92 Å². The molecule has 0 amide bonds. The predicted molar refractivity (Wildman–Crippen MR) is 47.0 cm³/mol. The highest BCUT2D eigenvalue weighted by Crippen LogP contribution is 2.16. The third kappa shape index (κ3) is 3.92. The fourth-order valence-corrected chi connectivity index (χ4v) is 0.941. The minimum atomic E-state index is -0.303. The first kappa shape index (κ1) is 11.9. The zero-order valence-electron chi connectivity index (χ0n) is 8.49. The van der Waals surface area contributed by atoms with Crippen molar-refractivity contribution in [1.82, 2.24) is 0 Å². The predicted octanol–water partition coefficient (Wildman–Crippen LogP) is 0.995. The summed E-state index contributed by atoms with van der Waals surface area (Å²) in [7, 11) is 2.67. The Labute approximate surface area is 78.2 Å². The summed E-state index contributed by atoms with van der Waals surface area (Å²) in [6.07, 6.45) is 0.243. The Morgan fingerprint density at radius 3 is 2.08 bits per heavy atom. The molecule has 1 unspecified atom stereocenters. The average Bonchev–Trinajstić information content (AvgIpc) is 2.14. The van der Waals surface area contributed by atoms with Crippen LogP contribution in [0.3, 0.4) is 0 Å². The molecule has 0 bridgehead atoms. The highest BCUT2D eigenvalue weighted by Gasteiger charge is 2.23. The van der Waals surface area contributed by atoms with Gasteiger partial charge in [-0.15, -0.1) is 0 Å². The molecule has 0 aromatic heterocycles. The highest BCUT2D eigenvalue weighted by molar-refractivity contribution is 5.74. The molecule has 0 fully saturated rings. The zero-order chi connectivity index (χ0) is 10.4. The highest BCUT2D eigenvalue weighted by atomic mass is 16.5. The van der Waals surface area contributed by atoms with Crippen molar-refractivity contribution >= 4 is 11.9 Å². The molecule has 0 N–H and O–H groups in total. The molecule has 0 aliphatic carbocycles. The molecule has 4 nitrogen and oxygen atoms in total. The van der Waals surface area contributed by atoms with Crippen LogP contribution in [0, 0.1) is 11.8 Å². The molecular formula is C9H16O4. The van der Waals surface area contributed by atoms with Crippen molar-refractivity contribution in [2.45, 2.75) is 20.3 Å². The van der Waals surface area contributed by atoms with E-state index in [4.69, 9.17) is 0 Å². The van der Waals surface area contributed by atoms with E-state index < -0.39 is 0 Å². The Balaban J connectivity index is 4.02. The first-order valence-corrected chi connectivity index (χ1v) is 4.17. The lowest BCUT2D eigenvalue weighted by atomic mass is 9.93. The number of hydrogen-bond donors (Lipinski definition) is 0. The smallest absolute Gasteiger partial charge is 0.308 e. The number of rotatable bonds is 4. The molecular weight excluding hydrogens is 172 g/mol. The number of methoxy groups -OCH3 is 2. The first-order valence-electron chi connectivity index (χ1n) is 4.17. The van der Waals surface area contributed by atoms with E-state index in [0.29, 0.717) is 0 Å². The summed E-state index contributed by atoms with van der Waals surface area (Å²) in [5.74, 6) is -0.927. The second kappa shape index (κ2) is 5.56. The van der Waals surface area contributed by atoms with E-state index in [1.165, 1.54) is 14.2 Å². The third-order valence-corrected chi connectivity index (χ3v) is 2.14. The van der Waals surface area contributed by atoms with Crippen molar-refractivity contribution in [1.29, 1.82) is 0 Å². The Hall–Kier alpha value is -1.06. The van der Waals surface area contributed by atoms with Gasteiger partial charge in [-0.25, -0.2) is 0 Å². The molecule has 0 spiro atoms. The van der Waals surface area contributed by atoms with Gasteiger partial charge in [-0.2, -0.15) is 0 Å². The quantitative estimate of drug-likeness (QED) is 0.617. The van der Waals surface area contributed by atoms with Gasteiger partial charge < -0.3 is 9.47 Å². The maximum absolute atomic E-state index is 11.0. The van der Waals surface area contributed by atoms with Crippen LogP contribution in [0.2, 0.25) is 0 Å². The van der Waals surface area contributed by atoms with Gasteiger partial charge in [0.25, 0.3) is 0 Å². The van der Waals surface area contributed by atoms with Crippen LogP contribution in [0.4, 0.5) is 0 Å². The largest absolute Gasteiger partial charge is 0.469 e. The van der Waals surface area contributed by atoms with E-state index in [1.807, 2.05) is 6.92 Å². The van der Waals surface area contributed by atoms with Crippen molar-refractivity contribution in [2.24, 2.45) is 11.8 Å². The van der Waals surface area contributed by atoms with Gasteiger partial charge in [0.2, 0.25) is 0 Å². The maximum Gasteiger partial charge on any atom is 0.308 e. The second-order valence-electron chi connectivity index (χ2n) is 3.07. The molecule has 0 aromatic carbocycles. The second-order valence-corrected chi connectivity index (χ2v) is 3.07. The van der Waals surface area contributed by atoms with E-state index >= 15 is 0 Å². The van der Waals surface area contributed by atoms with Gasteiger partial charge in [-0.1, -0.05) is 13.8 Å². The molecule has 0 rings (SSSR count). The van der Waals surface area contributed by atoms with Gasteiger partial charge in [0.1, 0.15) is 0 Å². The third-order valence-electron chi connectivity index (χ3n) is 2.14. The number of esters is 2. The Morgan fingerprint density at radius 1 is 1.15 bits per heavy atom. The number of carbonyl (C=O) groups is 2. The first-order chi connectivity index (χ1) is 6.02. The molecule has 2 atom stereocenters. The van der Waals surface area contributed by atoms with E-state index in [9.17, 15) is 9.59 Å². The van der Waals surface area contributed by atoms with Crippen LogP contribution >= 0.6 is 0 Å². The topological polar surface area (TPSA) is 52.6 Å². The monoisotopic (exact) mass is 188 g/mol. The van der Waals surface area contributed by atoms with Crippen molar-refractivity contribution in [2.75, 3.05) is 14.2 Å².